The normalized spacial score (nSPS) is 19.6. The third-order valence-electron chi connectivity index (χ3n) is 4.85. The lowest BCUT2D eigenvalue weighted by Gasteiger charge is -2.29. The van der Waals surface area contributed by atoms with Crippen LogP contribution in [0.25, 0.3) is 22.6 Å². The minimum atomic E-state index is -0.352. The average molecular weight is 381 g/mol. The highest BCUT2D eigenvalue weighted by Gasteiger charge is 2.23. The largest absolute Gasteiger partial charge is 0.391 e. The van der Waals surface area contributed by atoms with Crippen LogP contribution in [0.1, 0.15) is 25.7 Å². The Morgan fingerprint density at radius 1 is 1.00 bits per heavy atom. The molecule has 27 heavy (non-hydrogen) atoms. The number of rotatable bonds is 4. The molecule has 2 N–H and O–H groups in total. The number of nitrogens with zero attached hydrogens (tertiary/aromatic N) is 3. The van der Waals surface area contributed by atoms with Crippen molar-refractivity contribution < 1.29 is 5.11 Å². The van der Waals surface area contributed by atoms with Gasteiger partial charge in [-0.05, 0) is 37.1 Å². The van der Waals surface area contributed by atoms with E-state index in [0.717, 1.165) is 42.5 Å². The SMILES string of the molecule is OC1CCCCC1Nc1cc(-c2ccc(Cl)cc2)nc(-c2cccnc2)n1. The molecule has 5 nitrogen and oxygen atoms in total. The van der Waals surface area contributed by atoms with Gasteiger partial charge in [-0.25, -0.2) is 9.97 Å². The van der Waals surface area contributed by atoms with Crippen LogP contribution < -0.4 is 5.32 Å². The molecule has 3 aromatic rings. The van der Waals surface area contributed by atoms with Gasteiger partial charge in [0, 0.05) is 34.6 Å². The van der Waals surface area contributed by atoms with Crippen molar-refractivity contribution in [3.63, 3.8) is 0 Å². The number of anilines is 1. The first kappa shape index (κ1) is 17.9. The van der Waals surface area contributed by atoms with Crippen LogP contribution in [-0.2, 0) is 0 Å². The molecule has 138 valence electrons. The van der Waals surface area contributed by atoms with E-state index in [1.807, 2.05) is 42.5 Å². The van der Waals surface area contributed by atoms with E-state index in [1.165, 1.54) is 0 Å². The molecule has 0 amide bonds. The van der Waals surface area contributed by atoms with Crippen molar-refractivity contribution in [3.8, 4) is 22.6 Å². The molecule has 2 atom stereocenters. The molecule has 1 saturated carbocycles. The highest BCUT2D eigenvalue weighted by molar-refractivity contribution is 6.30. The van der Waals surface area contributed by atoms with E-state index in [0.29, 0.717) is 16.7 Å². The molecule has 1 aliphatic rings. The summed E-state index contributed by atoms with van der Waals surface area (Å²) in [5.41, 5.74) is 2.60. The van der Waals surface area contributed by atoms with Gasteiger partial charge in [0.25, 0.3) is 0 Å². The van der Waals surface area contributed by atoms with Gasteiger partial charge in [-0.3, -0.25) is 4.98 Å². The predicted molar refractivity (Wildman–Crippen MR) is 108 cm³/mol. The zero-order valence-electron chi connectivity index (χ0n) is 14.8. The van der Waals surface area contributed by atoms with E-state index in [4.69, 9.17) is 16.6 Å². The summed E-state index contributed by atoms with van der Waals surface area (Å²) in [6.45, 7) is 0. The first-order valence-electron chi connectivity index (χ1n) is 9.19. The summed E-state index contributed by atoms with van der Waals surface area (Å²) in [6, 6.07) is 13.3. The number of hydrogen-bond donors (Lipinski definition) is 2. The topological polar surface area (TPSA) is 70.9 Å². The van der Waals surface area contributed by atoms with Gasteiger partial charge in [-0.2, -0.15) is 0 Å². The molecule has 0 radical (unpaired) electrons. The van der Waals surface area contributed by atoms with E-state index >= 15 is 0 Å². The van der Waals surface area contributed by atoms with Crippen LogP contribution in [0.4, 0.5) is 5.82 Å². The molecule has 2 unspecified atom stereocenters. The highest BCUT2D eigenvalue weighted by atomic mass is 35.5. The maximum absolute atomic E-state index is 10.3. The predicted octanol–water partition coefficient (Wildman–Crippen LogP) is 4.57. The monoisotopic (exact) mass is 380 g/mol. The number of halogens is 1. The van der Waals surface area contributed by atoms with Crippen molar-refractivity contribution in [2.24, 2.45) is 0 Å². The highest BCUT2D eigenvalue weighted by Crippen LogP contribution is 2.27. The molecule has 0 spiro atoms. The van der Waals surface area contributed by atoms with Gasteiger partial charge >= 0.3 is 0 Å². The van der Waals surface area contributed by atoms with Crippen LogP contribution in [0.5, 0.6) is 0 Å². The van der Waals surface area contributed by atoms with Crippen molar-refractivity contribution in [2.75, 3.05) is 5.32 Å². The Bertz CT molecular complexity index is 902. The van der Waals surface area contributed by atoms with Gasteiger partial charge in [0.1, 0.15) is 5.82 Å². The van der Waals surface area contributed by atoms with E-state index < -0.39 is 0 Å². The van der Waals surface area contributed by atoms with Crippen LogP contribution in [0.2, 0.25) is 5.02 Å². The molecular weight excluding hydrogens is 360 g/mol. The first-order chi connectivity index (χ1) is 13.2. The Morgan fingerprint density at radius 3 is 2.56 bits per heavy atom. The summed E-state index contributed by atoms with van der Waals surface area (Å²) in [4.78, 5) is 13.6. The van der Waals surface area contributed by atoms with Crippen molar-refractivity contribution in [1.82, 2.24) is 15.0 Å². The van der Waals surface area contributed by atoms with Crippen LogP contribution in [0.15, 0.2) is 54.9 Å². The number of aliphatic hydroxyl groups is 1. The summed E-state index contributed by atoms with van der Waals surface area (Å²) in [7, 11) is 0. The lowest BCUT2D eigenvalue weighted by molar-refractivity contribution is 0.116. The summed E-state index contributed by atoms with van der Waals surface area (Å²) < 4.78 is 0. The maximum Gasteiger partial charge on any atom is 0.163 e. The fourth-order valence-corrected chi connectivity index (χ4v) is 3.51. The van der Waals surface area contributed by atoms with Crippen molar-refractivity contribution in [1.29, 1.82) is 0 Å². The molecule has 6 heteroatoms. The van der Waals surface area contributed by atoms with Gasteiger partial charge in [-0.1, -0.05) is 36.6 Å². The van der Waals surface area contributed by atoms with Gasteiger partial charge in [0.05, 0.1) is 17.8 Å². The Kier molecular flexibility index (Phi) is 5.32. The van der Waals surface area contributed by atoms with Crippen LogP contribution >= 0.6 is 11.6 Å². The molecule has 1 aromatic carbocycles. The van der Waals surface area contributed by atoms with Crippen LogP contribution in [0, 0.1) is 0 Å². The average Bonchev–Trinajstić information content (AvgIpc) is 2.71. The summed E-state index contributed by atoms with van der Waals surface area (Å²) in [6.07, 6.45) is 7.06. The third kappa shape index (κ3) is 4.26. The van der Waals surface area contributed by atoms with Crippen molar-refractivity contribution in [3.05, 3.63) is 59.9 Å². The fraction of sp³-hybridized carbons (Fsp3) is 0.286. The van der Waals surface area contributed by atoms with E-state index in [2.05, 4.69) is 15.3 Å². The van der Waals surface area contributed by atoms with E-state index in [1.54, 1.807) is 12.4 Å². The second kappa shape index (κ2) is 8.03. The van der Waals surface area contributed by atoms with Gasteiger partial charge in [0.15, 0.2) is 5.82 Å². The number of aliphatic hydroxyl groups excluding tert-OH is 1. The van der Waals surface area contributed by atoms with E-state index in [9.17, 15) is 5.11 Å². The summed E-state index contributed by atoms with van der Waals surface area (Å²) >= 11 is 6.02. The fourth-order valence-electron chi connectivity index (χ4n) is 3.38. The Balaban J connectivity index is 1.73. The quantitative estimate of drug-likeness (QED) is 0.693. The van der Waals surface area contributed by atoms with E-state index in [-0.39, 0.29) is 12.1 Å². The molecule has 1 fully saturated rings. The Labute approximate surface area is 163 Å². The lowest BCUT2D eigenvalue weighted by Crippen LogP contribution is -2.36. The van der Waals surface area contributed by atoms with Gasteiger partial charge in [0.2, 0.25) is 0 Å². The van der Waals surface area contributed by atoms with Gasteiger partial charge in [-0.15, -0.1) is 0 Å². The van der Waals surface area contributed by atoms with Crippen molar-refractivity contribution in [2.45, 2.75) is 37.8 Å². The first-order valence-corrected chi connectivity index (χ1v) is 9.57. The zero-order valence-corrected chi connectivity index (χ0v) is 15.6. The zero-order chi connectivity index (χ0) is 18.6. The molecule has 0 saturated heterocycles. The minimum absolute atomic E-state index is 0.00784. The molecular formula is C21H21ClN4O. The third-order valence-corrected chi connectivity index (χ3v) is 5.10. The number of pyridine rings is 1. The van der Waals surface area contributed by atoms with Crippen LogP contribution in [-0.4, -0.2) is 32.2 Å². The lowest BCUT2D eigenvalue weighted by atomic mass is 9.92. The molecule has 1 aliphatic carbocycles. The Hall–Kier alpha value is -2.50. The number of aromatic nitrogens is 3. The second-order valence-corrected chi connectivity index (χ2v) is 7.25. The molecule has 2 aromatic heterocycles. The number of benzene rings is 1. The summed E-state index contributed by atoms with van der Waals surface area (Å²) in [5.74, 6) is 1.31. The standard InChI is InChI=1S/C21H21ClN4O/c22-16-9-7-14(8-10-16)18-12-20(24-17-5-1-2-6-19(17)27)26-21(25-18)15-4-3-11-23-13-15/h3-4,7-13,17,19,27H,1-2,5-6H2,(H,24,25,26). The molecule has 4 rings (SSSR count). The minimum Gasteiger partial charge on any atom is -0.391 e. The second-order valence-electron chi connectivity index (χ2n) is 6.81. The number of nitrogens with one attached hydrogen (secondary N) is 1. The maximum atomic E-state index is 10.3. The van der Waals surface area contributed by atoms with Crippen molar-refractivity contribution >= 4 is 17.4 Å². The molecule has 2 heterocycles. The smallest absolute Gasteiger partial charge is 0.163 e. The number of hydrogen-bond acceptors (Lipinski definition) is 5. The van der Waals surface area contributed by atoms with Gasteiger partial charge < -0.3 is 10.4 Å². The summed E-state index contributed by atoms with van der Waals surface area (Å²) in [5, 5.41) is 14.4. The van der Waals surface area contributed by atoms with Crippen LogP contribution in [0.3, 0.4) is 0 Å². The molecule has 0 aliphatic heterocycles. The Morgan fingerprint density at radius 2 is 1.81 bits per heavy atom. The molecule has 0 bridgehead atoms.